The summed E-state index contributed by atoms with van der Waals surface area (Å²) in [5.74, 6) is 1.84. The summed E-state index contributed by atoms with van der Waals surface area (Å²) in [5.41, 5.74) is 2.31. The van der Waals surface area contributed by atoms with Gasteiger partial charge in [-0.25, -0.2) is 4.68 Å². The molecule has 0 saturated carbocycles. The second-order valence-electron chi connectivity index (χ2n) is 7.31. The number of hydrogen-bond donors (Lipinski definition) is 0. The Morgan fingerprint density at radius 3 is 2.62 bits per heavy atom. The standard InChI is InChI=1S/C18H21N5O3/c1-18(2,3)17-19-16(26-21-17)15-13-10-25-14(9-23(13)22-20-15)11-5-7-12(24-4)8-6-11/h5-8,14H,9-10H2,1-4H3. The Morgan fingerprint density at radius 2 is 1.96 bits per heavy atom. The van der Waals surface area contributed by atoms with Gasteiger partial charge in [0, 0.05) is 5.41 Å². The monoisotopic (exact) mass is 355 g/mol. The van der Waals surface area contributed by atoms with Crippen molar-refractivity contribution in [1.29, 1.82) is 0 Å². The van der Waals surface area contributed by atoms with Gasteiger partial charge < -0.3 is 14.0 Å². The average Bonchev–Trinajstić information content (AvgIpc) is 3.27. The molecular weight excluding hydrogens is 334 g/mol. The van der Waals surface area contributed by atoms with Gasteiger partial charge in [-0.05, 0) is 17.7 Å². The van der Waals surface area contributed by atoms with Gasteiger partial charge in [0.2, 0.25) is 0 Å². The summed E-state index contributed by atoms with van der Waals surface area (Å²) >= 11 is 0. The number of methoxy groups -OCH3 is 1. The maximum Gasteiger partial charge on any atom is 0.280 e. The molecule has 0 bridgehead atoms. The van der Waals surface area contributed by atoms with Gasteiger partial charge in [-0.15, -0.1) is 5.10 Å². The van der Waals surface area contributed by atoms with Crippen LogP contribution in [-0.4, -0.2) is 32.2 Å². The minimum Gasteiger partial charge on any atom is -0.497 e. The van der Waals surface area contributed by atoms with Crippen LogP contribution in [0, 0.1) is 0 Å². The first-order chi connectivity index (χ1) is 12.5. The van der Waals surface area contributed by atoms with Crippen molar-refractivity contribution in [2.45, 2.75) is 45.4 Å². The van der Waals surface area contributed by atoms with E-state index < -0.39 is 0 Å². The van der Waals surface area contributed by atoms with Gasteiger partial charge in [-0.2, -0.15) is 4.98 Å². The molecule has 0 spiro atoms. The summed E-state index contributed by atoms with van der Waals surface area (Å²) in [6, 6.07) is 7.85. The van der Waals surface area contributed by atoms with E-state index in [2.05, 4.69) is 20.5 Å². The Labute approximate surface area is 151 Å². The van der Waals surface area contributed by atoms with Crippen molar-refractivity contribution in [2.24, 2.45) is 0 Å². The molecule has 3 heterocycles. The maximum absolute atomic E-state index is 6.03. The molecule has 1 aliphatic rings. The zero-order valence-corrected chi connectivity index (χ0v) is 15.3. The Hall–Kier alpha value is -2.74. The van der Waals surface area contributed by atoms with Crippen LogP contribution < -0.4 is 4.74 Å². The molecule has 8 heteroatoms. The summed E-state index contributed by atoms with van der Waals surface area (Å²) in [6.45, 7) is 7.06. The summed E-state index contributed by atoms with van der Waals surface area (Å²) in [4.78, 5) is 4.47. The molecule has 0 N–H and O–H groups in total. The molecule has 0 radical (unpaired) electrons. The van der Waals surface area contributed by atoms with Crippen LogP contribution in [0.15, 0.2) is 28.8 Å². The molecule has 1 aromatic carbocycles. The fraction of sp³-hybridized carbons (Fsp3) is 0.444. The quantitative estimate of drug-likeness (QED) is 0.714. The molecule has 0 amide bonds. The Morgan fingerprint density at radius 1 is 1.19 bits per heavy atom. The number of ether oxygens (including phenoxy) is 2. The summed E-state index contributed by atoms with van der Waals surface area (Å²) in [7, 11) is 1.65. The number of aromatic nitrogens is 5. The number of rotatable bonds is 3. The smallest absolute Gasteiger partial charge is 0.280 e. The minimum absolute atomic E-state index is 0.0872. The van der Waals surface area contributed by atoms with Crippen LogP contribution in [0.2, 0.25) is 0 Å². The molecule has 136 valence electrons. The molecule has 0 fully saturated rings. The van der Waals surface area contributed by atoms with Crippen LogP contribution in [0.25, 0.3) is 11.6 Å². The first-order valence-electron chi connectivity index (χ1n) is 8.48. The lowest BCUT2D eigenvalue weighted by Crippen LogP contribution is -2.22. The lowest BCUT2D eigenvalue weighted by molar-refractivity contribution is -0.00119. The zero-order chi connectivity index (χ0) is 18.3. The molecule has 1 aliphatic heterocycles. The molecule has 8 nitrogen and oxygen atoms in total. The highest BCUT2D eigenvalue weighted by Gasteiger charge is 2.29. The van der Waals surface area contributed by atoms with Crippen molar-refractivity contribution in [1.82, 2.24) is 25.1 Å². The molecule has 2 aromatic heterocycles. The number of benzene rings is 1. The van der Waals surface area contributed by atoms with E-state index in [0.717, 1.165) is 17.0 Å². The van der Waals surface area contributed by atoms with E-state index in [1.165, 1.54) is 0 Å². The van der Waals surface area contributed by atoms with Crippen LogP contribution in [0.4, 0.5) is 0 Å². The summed E-state index contributed by atoms with van der Waals surface area (Å²) in [6.07, 6.45) is -0.0872. The van der Waals surface area contributed by atoms with Crippen LogP contribution in [-0.2, 0) is 23.3 Å². The lowest BCUT2D eigenvalue weighted by Gasteiger charge is -2.24. The second-order valence-corrected chi connectivity index (χ2v) is 7.31. The van der Waals surface area contributed by atoms with Gasteiger partial charge in [-0.1, -0.05) is 43.3 Å². The van der Waals surface area contributed by atoms with E-state index in [0.29, 0.717) is 30.6 Å². The summed E-state index contributed by atoms with van der Waals surface area (Å²) in [5, 5.41) is 12.5. The molecule has 3 aromatic rings. The average molecular weight is 355 g/mol. The molecule has 1 unspecified atom stereocenters. The molecule has 0 saturated heterocycles. The van der Waals surface area contributed by atoms with E-state index in [4.69, 9.17) is 14.0 Å². The van der Waals surface area contributed by atoms with Crippen LogP contribution in [0.1, 0.15) is 44.0 Å². The first-order valence-corrected chi connectivity index (χ1v) is 8.48. The Bertz CT molecular complexity index is 908. The predicted octanol–water partition coefficient (Wildman–Crippen LogP) is 2.91. The van der Waals surface area contributed by atoms with E-state index in [-0.39, 0.29) is 11.5 Å². The summed E-state index contributed by atoms with van der Waals surface area (Å²) < 4.78 is 18.5. The van der Waals surface area contributed by atoms with Gasteiger partial charge in [0.25, 0.3) is 5.89 Å². The Balaban J connectivity index is 1.57. The minimum atomic E-state index is -0.190. The third-order valence-electron chi connectivity index (χ3n) is 4.38. The van der Waals surface area contributed by atoms with Gasteiger partial charge in [0.05, 0.1) is 26.0 Å². The zero-order valence-electron chi connectivity index (χ0n) is 15.3. The fourth-order valence-corrected chi connectivity index (χ4v) is 2.82. The van der Waals surface area contributed by atoms with Crippen molar-refractivity contribution < 1.29 is 14.0 Å². The van der Waals surface area contributed by atoms with Gasteiger partial charge >= 0.3 is 0 Å². The topological polar surface area (TPSA) is 88.1 Å². The fourth-order valence-electron chi connectivity index (χ4n) is 2.82. The molecular formula is C18H21N5O3. The normalized spacial score (nSPS) is 17.2. The number of nitrogens with zero attached hydrogens (tertiary/aromatic N) is 5. The second kappa shape index (κ2) is 6.21. The van der Waals surface area contributed by atoms with Crippen molar-refractivity contribution in [2.75, 3.05) is 7.11 Å². The highest BCUT2D eigenvalue weighted by Crippen LogP contribution is 2.31. The molecule has 0 aliphatic carbocycles. The van der Waals surface area contributed by atoms with Crippen molar-refractivity contribution >= 4 is 0 Å². The van der Waals surface area contributed by atoms with E-state index in [1.807, 2.05) is 49.7 Å². The van der Waals surface area contributed by atoms with E-state index in [9.17, 15) is 0 Å². The predicted molar refractivity (Wildman–Crippen MR) is 92.5 cm³/mol. The number of fused-ring (bicyclic) bond motifs is 1. The first kappa shape index (κ1) is 16.7. The molecule has 4 rings (SSSR count). The maximum atomic E-state index is 6.03. The van der Waals surface area contributed by atoms with Crippen molar-refractivity contribution in [3.63, 3.8) is 0 Å². The van der Waals surface area contributed by atoms with Gasteiger partial charge in [0.15, 0.2) is 11.5 Å². The number of hydrogen-bond acceptors (Lipinski definition) is 7. The van der Waals surface area contributed by atoms with Crippen molar-refractivity contribution in [3.8, 4) is 17.3 Å². The van der Waals surface area contributed by atoms with Crippen molar-refractivity contribution in [3.05, 3.63) is 41.3 Å². The highest BCUT2D eigenvalue weighted by molar-refractivity contribution is 5.50. The molecule has 26 heavy (non-hydrogen) atoms. The van der Waals surface area contributed by atoms with Gasteiger partial charge in [-0.3, -0.25) is 0 Å². The van der Waals surface area contributed by atoms with Crippen LogP contribution >= 0.6 is 0 Å². The highest BCUT2D eigenvalue weighted by atomic mass is 16.5. The van der Waals surface area contributed by atoms with E-state index in [1.54, 1.807) is 7.11 Å². The lowest BCUT2D eigenvalue weighted by atomic mass is 9.96. The third-order valence-corrected chi connectivity index (χ3v) is 4.38. The SMILES string of the molecule is COc1ccc(C2Cn3nnc(-c4nc(C(C)(C)C)no4)c3CO2)cc1. The van der Waals surface area contributed by atoms with E-state index >= 15 is 0 Å². The third kappa shape index (κ3) is 2.96. The van der Waals surface area contributed by atoms with Crippen LogP contribution in [0.5, 0.6) is 5.75 Å². The Kier molecular flexibility index (Phi) is 3.99. The van der Waals surface area contributed by atoms with Gasteiger partial charge in [0.1, 0.15) is 11.9 Å². The largest absolute Gasteiger partial charge is 0.497 e. The molecule has 1 atom stereocenters. The van der Waals surface area contributed by atoms with Crippen LogP contribution in [0.3, 0.4) is 0 Å².